The van der Waals surface area contributed by atoms with Crippen molar-refractivity contribution in [1.82, 2.24) is 10.6 Å². The number of nitrogens with one attached hydrogen (secondary N) is 4. The number of hydrogen-bond acceptors (Lipinski definition) is 12. The molecular formula is C48H32Cl2N10O7. The highest BCUT2D eigenvalue weighted by atomic mass is 35.5. The molecule has 0 spiro atoms. The molecule has 0 unspecified atom stereocenters. The number of para-hydroxylation sites is 2. The molecule has 0 radical (unpaired) electrons. The van der Waals surface area contributed by atoms with Gasteiger partial charge in [-0.15, -0.1) is 10.2 Å². The summed E-state index contributed by atoms with van der Waals surface area (Å²) in [5.74, 6) is -2.82. The molecule has 17 nitrogen and oxygen atoms in total. The van der Waals surface area contributed by atoms with E-state index in [-0.39, 0.29) is 55.3 Å². The van der Waals surface area contributed by atoms with Crippen LogP contribution in [0.4, 0.5) is 55.1 Å². The number of carbonyl (C=O) groups excluding carboxylic acids is 4. The normalized spacial score (nSPS) is 11.5. The smallest absolute Gasteiger partial charge is 0.326 e. The first-order chi connectivity index (χ1) is 32.4. The number of urea groups is 2. The van der Waals surface area contributed by atoms with Crippen LogP contribution in [0.3, 0.4) is 0 Å². The van der Waals surface area contributed by atoms with Gasteiger partial charge >= 0.3 is 12.1 Å². The molecule has 6 N–H and O–H groups in total. The minimum absolute atomic E-state index is 0.0182. The summed E-state index contributed by atoms with van der Waals surface area (Å²) < 4.78 is 0. The summed E-state index contributed by atoms with van der Waals surface area (Å²) in [6.07, 6.45) is 0. The summed E-state index contributed by atoms with van der Waals surface area (Å²) >= 11 is 12.2. The number of phenolic OH excluding ortho intramolecular Hbond substituents is 2. The van der Waals surface area contributed by atoms with Gasteiger partial charge in [-0.25, -0.2) is 9.59 Å². The van der Waals surface area contributed by atoms with Crippen LogP contribution in [-0.2, 0) is 0 Å². The average Bonchev–Trinajstić information content (AvgIpc) is 3.32. The van der Waals surface area contributed by atoms with Crippen molar-refractivity contribution in [3.63, 3.8) is 0 Å². The first kappa shape index (κ1) is 44.5. The number of anilines is 2. The van der Waals surface area contributed by atoms with Crippen molar-refractivity contribution in [3.05, 3.63) is 184 Å². The molecule has 0 atom stereocenters. The molecule has 6 amide bonds. The standard InChI is InChI=1S/C48H32Cl2N10O7/c49-37-13-5-7-15-39(37)51-47(65)53-45(63)35-25-27-9-1-3-11-33(27)41(43(35)61)57-55-29-17-19-31(20-18-29)59-60(67)32-23-21-30(22-24-32)56-58-42-34-12-4-2-10-28(34)26-36(44(42)62)46(64)54-48(66)52-40-16-8-6-14-38(40)50/h1-26,61-62H,(H2,51,53,63,65)(H2,52,54,64,66). The molecule has 8 aromatic carbocycles. The first-order valence-electron chi connectivity index (χ1n) is 19.9. The SMILES string of the molecule is O=C(NC(=O)c1cc2ccccc2c(N=Nc2ccc(N=[N+]([O-])c3ccc(N=Nc4c(O)c(C(=O)NC(=O)Nc5ccccc5Cl)cc5ccccc45)cc3)cc2)c1O)Nc1ccccc1Cl. The van der Waals surface area contributed by atoms with Gasteiger partial charge in [-0.2, -0.15) is 10.2 Å². The van der Waals surface area contributed by atoms with Crippen molar-refractivity contribution in [2.45, 2.75) is 0 Å². The van der Waals surface area contributed by atoms with Crippen LogP contribution >= 0.6 is 23.2 Å². The van der Waals surface area contributed by atoms with Gasteiger partial charge in [0.05, 0.1) is 43.9 Å². The molecule has 8 aromatic rings. The summed E-state index contributed by atoms with van der Waals surface area (Å²) in [5, 5.41) is 68.5. The van der Waals surface area contributed by atoms with E-state index < -0.39 is 35.4 Å². The maximum absolute atomic E-state index is 13.2. The number of imide groups is 2. The molecule has 67 heavy (non-hydrogen) atoms. The molecular weight excluding hydrogens is 899 g/mol. The lowest BCUT2D eigenvalue weighted by molar-refractivity contribution is -0.435. The number of nitrogens with zero attached hydrogens (tertiary/aromatic N) is 6. The fourth-order valence-corrected chi connectivity index (χ4v) is 6.93. The van der Waals surface area contributed by atoms with Gasteiger partial charge < -0.3 is 26.1 Å². The number of carbonyl (C=O) groups is 4. The van der Waals surface area contributed by atoms with E-state index in [1.54, 1.807) is 109 Å². The molecule has 0 aromatic heterocycles. The summed E-state index contributed by atoms with van der Waals surface area (Å²) in [5.41, 5.74) is 1.12. The number of aromatic hydroxyl groups is 2. The van der Waals surface area contributed by atoms with E-state index in [4.69, 9.17) is 23.2 Å². The molecule has 0 saturated carbocycles. The van der Waals surface area contributed by atoms with Crippen molar-refractivity contribution in [2.75, 3.05) is 10.6 Å². The monoisotopic (exact) mass is 930 g/mol. The third-order valence-corrected chi connectivity index (χ3v) is 10.5. The molecule has 0 saturated heterocycles. The maximum atomic E-state index is 13.2. The zero-order valence-corrected chi connectivity index (χ0v) is 35.9. The van der Waals surface area contributed by atoms with E-state index in [0.717, 1.165) is 0 Å². The van der Waals surface area contributed by atoms with Gasteiger partial charge in [-0.05, 0) is 83.6 Å². The van der Waals surface area contributed by atoms with Gasteiger partial charge in [0.2, 0.25) is 5.69 Å². The highest BCUT2D eigenvalue weighted by Gasteiger charge is 2.22. The predicted octanol–water partition coefficient (Wildman–Crippen LogP) is 13.4. The Bertz CT molecular complexity index is 3350. The van der Waals surface area contributed by atoms with Crippen molar-refractivity contribution in [3.8, 4) is 11.5 Å². The molecule has 330 valence electrons. The first-order valence-corrected chi connectivity index (χ1v) is 20.6. The number of fused-ring (bicyclic) bond motifs is 2. The number of phenols is 2. The summed E-state index contributed by atoms with van der Waals surface area (Å²) in [7, 11) is 0. The van der Waals surface area contributed by atoms with Crippen LogP contribution < -0.4 is 21.3 Å². The van der Waals surface area contributed by atoms with Gasteiger partial charge in [0.15, 0.2) is 11.5 Å². The Labute approximate surface area is 389 Å². The van der Waals surface area contributed by atoms with Gasteiger partial charge in [0.1, 0.15) is 17.1 Å². The lowest BCUT2D eigenvalue weighted by atomic mass is 10.0. The van der Waals surface area contributed by atoms with Gasteiger partial charge in [-0.1, -0.05) is 101 Å². The van der Waals surface area contributed by atoms with Gasteiger partial charge in [0, 0.05) is 28.0 Å². The van der Waals surface area contributed by atoms with Crippen LogP contribution in [0.15, 0.2) is 183 Å². The van der Waals surface area contributed by atoms with Crippen LogP contribution in [0.5, 0.6) is 11.5 Å². The molecule has 0 heterocycles. The predicted molar refractivity (Wildman–Crippen MR) is 254 cm³/mol. The highest BCUT2D eigenvalue weighted by Crippen LogP contribution is 2.41. The van der Waals surface area contributed by atoms with E-state index >= 15 is 0 Å². The fraction of sp³-hybridized carbons (Fsp3) is 0. The summed E-state index contributed by atoms with van der Waals surface area (Å²) in [6.45, 7) is 0. The van der Waals surface area contributed by atoms with E-state index in [1.807, 2.05) is 0 Å². The van der Waals surface area contributed by atoms with Gasteiger partial charge in [0.25, 0.3) is 11.8 Å². The van der Waals surface area contributed by atoms with Gasteiger partial charge in [-0.3, -0.25) is 20.2 Å². The number of azo groups is 3. The molecule has 19 heteroatoms. The Morgan fingerprint density at radius 3 is 1.33 bits per heavy atom. The minimum Gasteiger partial charge on any atom is -0.594 e. The van der Waals surface area contributed by atoms with E-state index in [9.17, 15) is 34.6 Å². The van der Waals surface area contributed by atoms with Crippen LogP contribution in [0.2, 0.25) is 10.0 Å². The largest absolute Gasteiger partial charge is 0.594 e. The Morgan fingerprint density at radius 1 is 0.493 bits per heavy atom. The number of hydrogen-bond donors (Lipinski definition) is 6. The highest BCUT2D eigenvalue weighted by molar-refractivity contribution is 6.34. The van der Waals surface area contributed by atoms with Crippen LogP contribution in [0.25, 0.3) is 21.5 Å². The third kappa shape index (κ3) is 10.3. The molecule has 0 aliphatic heterocycles. The van der Waals surface area contributed by atoms with Crippen LogP contribution in [0, 0.1) is 5.21 Å². The minimum atomic E-state index is -0.898. The second kappa shape index (κ2) is 19.8. The number of rotatable bonds is 10. The molecule has 0 aliphatic rings. The zero-order chi connectivity index (χ0) is 47.0. The van der Waals surface area contributed by atoms with Crippen LogP contribution in [0.1, 0.15) is 20.7 Å². The lowest BCUT2D eigenvalue weighted by Crippen LogP contribution is -2.34. The van der Waals surface area contributed by atoms with Crippen molar-refractivity contribution in [2.24, 2.45) is 25.6 Å². The Kier molecular flexibility index (Phi) is 13.1. The number of amides is 6. The van der Waals surface area contributed by atoms with Crippen molar-refractivity contribution in [1.29, 1.82) is 0 Å². The van der Waals surface area contributed by atoms with E-state index in [2.05, 4.69) is 46.8 Å². The quantitative estimate of drug-likeness (QED) is 0.0439. The Hall–Kier alpha value is -9.06. The van der Waals surface area contributed by atoms with E-state index in [0.29, 0.717) is 37.8 Å². The molecule has 0 bridgehead atoms. The maximum Gasteiger partial charge on any atom is 0.326 e. The van der Waals surface area contributed by atoms with E-state index in [1.165, 1.54) is 48.5 Å². The second-order valence-corrected chi connectivity index (χ2v) is 15.1. The third-order valence-electron chi connectivity index (χ3n) is 9.84. The van der Waals surface area contributed by atoms with Crippen LogP contribution in [-0.4, -0.2) is 39.0 Å². The molecule has 0 aliphatic carbocycles. The molecule has 0 fully saturated rings. The number of benzene rings is 8. The zero-order valence-electron chi connectivity index (χ0n) is 34.4. The fourth-order valence-electron chi connectivity index (χ4n) is 6.57. The number of halogens is 2. The second-order valence-electron chi connectivity index (χ2n) is 14.3. The molecule has 8 rings (SSSR count). The summed E-state index contributed by atoms with van der Waals surface area (Å²) in [6, 6.07) is 39.9. The topological polar surface area (TPSA) is 245 Å². The average molecular weight is 932 g/mol. The summed E-state index contributed by atoms with van der Waals surface area (Å²) in [4.78, 5) is 52.0. The lowest BCUT2D eigenvalue weighted by Gasteiger charge is -2.11. The Balaban J connectivity index is 0.948. The Morgan fingerprint density at radius 2 is 0.881 bits per heavy atom. The van der Waals surface area contributed by atoms with Crippen molar-refractivity contribution >= 4 is 114 Å². The van der Waals surface area contributed by atoms with Crippen molar-refractivity contribution < 1.29 is 34.3 Å².